The fourth-order valence-electron chi connectivity index (χ4n) is 10.8. The highest BCUT2D eigenvalue weighted by molar-refractivity contribution is 6.13. The largest absolute Gasteiger partial charge is 0.308 e. The van der Waals surface area contributed by atoms with Crippen LogP contribution in [0.4, 0.5) is 5.69 Å². The van der Waals surface area contributed by atoms with Gasteiger partial charge in [0.1, 0.15) is 0 Å². The van der Waals surface area contributed by atoms with Gasteiger partial charge >= 0.3 is 0 Å². The van der Waals surface area contributed by atoms with E-state index in [-0.39, 0.29) is 0 Å². The van der Waals surface area contributed by atoms with Crippen LogP contribution < -0.4 is 0 Å². The molecule has 2 heterocycles. The molecule has 0 saturated carbocycles. The molecule has 0 aliphatic rings. The first-order chi connectivity index (χ1) is 34.5. The third kappa shape index (κ3) is 8.14. The molecule has 9 aromatic carbocycles. The van der Waals surface area contributed by atoms with Crippen LogP contribution in [0.1, 0.15) is 38.9 Å². The Kier molecular flexibility index (Phi) is 11.3. The summed E-state index contributed by atoms with van der Waals surface area (Å²) in [6.45, 7) is 21.0. The molecule has 11 rings (SSSR count). The molecule has 0 N–H and O–H groups in total. The monoisotopic (exact) mass is 911 g/mol. The Hall–Kier alpha value is -9.16. The molecule has 0 fully saturated rings. The summed E-state index contributed by atoms with van der Waals surface area (Å²) in [6, 6.07) is 68.0. The zero-order valence-corrected chi connectivity index (χ0v) is 40.6. The second-order valence-electron chi connectivity index (χ2n) is 18.8. The molecule has 5 heteroatoms. The van der Waals surface area contributed by atoms with E-state index in [9.17, 15) is 5.26 Å². The fraction of sp³-hybridized carbons (Fsp3) is 0.0909. The van der Waals surface area contributed by atoms with Crippen LogP contribution >= 0.6 is 0 Å². The van der Waals surface area contributed by atoms with Gasteiger partial charge in [-0.15, -0.1) is 0 Å². The number of aryl methyl sites for hydroxylation is 6. The number of hydrogen-bond acceptors (Lipinski definition) is 3. The average molecular weight is 912 g/mol. The number of benzene rings is 9. The molecule has 0 unspecified atom stereocenters. The molecule has 0 aliphatic carbocycles. The summed E-state index contributed by atoms with van der Waals surface area (Å²) < 4.78 is 2.42. The van der Waals surface area contributed by atoms with Gasteiger partial charge in [-0.05, 0) is 152 Å². The Balaban J connectivity index is 1.27. The number of aromatic nitrogens is 3. The van der Waals surface area contributed by atoms with Gasteiger partial charge in [0.25, 0.3) is 0 Å². The molecule has 338 valence electrons. The normalized spacial score (nSPS) is 11.2. The number of nitrogens with zero attached hydrogens (tertiary/aromatic N) is 5. The van der Waals surface area contributed by atoms with Crippen LogP contribution in [0, 0.1) is 59.4 Å². The molecule has 0 bridgehead atoms. The number of nitriles is 1. The lowest BCUT2D eigenvalue weighted by molar-refractivity contribution is 1.17. The molecule has 5 nitrogen and oxygen atoms in total. The van der Waals surface area contributed by atoms with Crippen molar-refractivity contribution in [2.75, 3.05) is 0 Å². The molecule has 0 saturated heterocycles. The number of hydrogen-bond donors (Lipinski definition) is 0. The minimum Gasteiger partial charge on any atom is -0.308 e. The molecule has 2 aromatic heterocycles. The Labute approximate surface area is 415 Å². The summed E-state index contributed by atoms with van der Waals surface area (Å²) in [5, 5.41) is 12.3. The van der Waals surface area contributed by atoms with Crippen LogP contribution in [0.25, 0.3) is 111 Å². The van der Waals surface area contributed by atoms with Crippen molar-refractivity contribution in [2.45, 2.75) is 41.5 Å². The van der Waals surface area contributed by atoms with E-state index in [1.165, 1.54) is 55.6 Å². The van der Waals surface area contributed by atoms with Crippen molar-refractivity contribution in [3.63, 3.8) is 0 Å². The van der Waals surface area contributed by atoms with E-state index in [1.807, 2.05) is 84.9 Å². The Morgan fingerprint density at radius 1 is 0.437 bits per heavy atom. The molecule has 0 aliphatic heterocycles. The summed E-state index contributed by atoms with van der Waals surface area (Å²) >= 11 is 0. The van der Waals surface area contributed by atoms with E-state index >= 15 is 0 Å². The van der Waals surface area contributed by atoms with Gasteiger partial charge in [-0.3, -0.25) is 0 Å². The van der Waals surface area contributed by atoms with Gasteiger partial charge in [-0.25, -0.2) is 14.8 Å². The van der Waals surface area contributed by atoms with Gasteiger partial charge in [-0.2, -0.15) is 5.26 Å². The SMILES string of the molecule is [C-]#[N+]c1ccc(-c2cc(-c3nc(-c4ccccc4)cc(-c4ccccc4)n3)cc(-c3ccc(C#N)cc3)c2-n2c3ccc(-c4c(C)cc(C)cc4C)cc3c3cc(-c4c(C)cc(C)cc4C)ccc32)cc1. The van der Waals surface area contributed by atoms with Gasteiger partial charge in [0, 0.05) is 38.6 Å². The van der Waals surface area contributed by atoms with Crippen molar-refractivity contribution in [1.29, 1.82) is 5.26 Å². The lowest BCUT2D eigenvalue weighted by Gasteiger charge is -2.21. The minimum absolute atomic E-state index is 0.561. The molecule has 71 heavy (non-hydrogen) atoms. The highest BCUT2D eigenvalue weighted by atomic mass is 15.0. The zero-order valence-electron chi connectivity index (χ0n) is 40.6. The molecule has 0 atom stereocenters. The topological polar surface area (TPSA) is 58.9 Å². The first kappa shape index (κ1) is 44.4. The third-order valence-corrected chi connectivity index (χ3v) is 13.8. The summed E-state index contributed by atoms with van der Waals surface area (Å²) in [5.74, 6) is 0.579. The lowest BCUT2D eigenvalue weighted by Crippen LogP contribution is -2.03. The first-order valence-corrected chi connectivity index (χ1v) is 24.0. The van der Waals surface area contributed by atoms with Crippen LogP contribution in [0.15, 0.2) is 188 Å². The summed E-state index contributed by atoms with van der Waals surface area (Å²) in [6.07, 6.45) is 0. The summed E-state index contributed by atoms with van der Waals surface area (Å²) in [4.78, 5) is 14.4. The van der Waals surface area contributed by atoms with Crippen molar-refractivity contribution in [3.05, 3.63) is 238 Å². The second kappa shape index (κ2) is 18.1. The van der Waals surface area contributed by atoms with Crippen molar-refractivity contribution < 1.29 is 0 Å². The number of fused-ring (bicyclic) bond motifs is 3. The Morgan fingerprint density at radius 2 is 0.859 bits per heavy atom. The molecular formula is C66H49N5. The van der Waals surface area contributed by atoms with Crippen LogP contribution in [0.3, 0.4) is 0 Å². The Bertz CT molecular complexity index is 3680. The third-order valence-electron chi connectivity index (χ3n) is 13.8. The highest BCUT2D eigenvalue weighted by Crippen LogP contribution is 2.46. The lowest BCUT2D eigenvalue weighted by atomic mass is 9.91. The molecule has 11 aromatic rings. The number of rotatable bonds is 8. The van der Waals surface area contributed by atoms with Crippen LogP contribution in [-0.2, 0) is 0 Å². The van der Waals surface area contributed by atoms with Gasteiger partial charge < -0.3 is 4.57 Å². The van der Waals surface area contributed by atoms with E-state index in [1.54, 1.807) is 0 Å². The van der Waals surface area contributed by atoms with E-state index in [4.69, 9.17) is 16.5 Å². The molecule has 0 radical (unpaired) electrons. The van der Waals surface area contributed by atoms with Crippen LogP contribution in [0.5, 0.6) is 0 Å². The van der Waals surface area contributed by atoms with Crippen molar-refractivity contribution in [2.24, 2.45) is 0 Å². The smallest absolute Gasteiger partial charge is 0.187 e. The van der Waals surface area contributed by atoms with Crippen LogP contribution in [0.2, 0.25) is 0 Å². The van der Waals surface area contributed by atoms with Crippen molar-refractivity contribution in [1.82, 2.24) is 14.5 Å². The van der Waals surface area contributed by atoms with E-state index < -0.39 is 0 Å². The molecular weight excluding hydrogens is 863 g/mol. The fourth-order valence-corrected chi connectivity index (χ4v) is 10.8. The zero-order chi connectivity index (χ0) is 48.9. The van der Waals surface area contributed by atoms with Gasteiger partial charge in [0.05, 0.1) is 46.3 Å². The predicted molar refractivity (Wildman–Crippen MR) is 294 cm³/mol. The van der Waals surface area contributed by atoms with Gasteiger partial charge in [0.15, 0.2) is 11.5 Å². The van der Waals surface area contributed by atoms with E-state index in [0.717, 1.165) is 77.8 Å². The average Bonchev–Trinajstić information content (AvgIpc) is 3.70. The van der Waals surface area contributed by atoms with E-state index in [2.05, 4.69) is 160 Å². The van der Waals surface area contributed by atoms with Crippen molar-refractivity contribution in [3.8, 4) is 90.2 Å². The Morgan fingerprint density at radius 3 is 1.28 bits per heavy atom. The quantitative estimate of drug-likeness (QED) is 0.143. The maximum atomic E-state index is 10.0. The molecule has 0 spiro atoms. The van der Waals surface area contributed by atoms with Gasteiger partial charge in [0.2, 0.25) is 0 Å². The van der Waals surface area contributed by atoms with E-state index in [0.29, 0.717) is 17.1 Å². The van der Waals surface area contributed by atoms with Crippen LogP contribution in [-0.4, -0.2) is 14.5 Å². The first-order valence-electron chi connectivity index (χ1n) is 24.0. The van der Waals surface area contributed by atoms with Gasteiger partial charge in [-0.1, -0.05) is 145 Å². The predicted octanol–water partition coefficient (Wildman–Crippen LogP) is 17.5. The molecule has 0 amide bonds. The second-order valence-corrected chi connectivity index (χ2v) is 18.8. The maximum Gasteiger partial charge on any atom is 0.187 e. The van der Waals surface area contributed by atoms with Crippen molar-refractivity contribution >= 4 is 27.5 Å². The standard InChI is InChI=1S/C66H49N5/c1-40-30-42(3)63(43(4)31-40)51-24-28-61-57(34-51)58-35-52(64-44(5)32-41(2)33-45(64)6)25-29-62(58)71(61)65-55(47-20-18-46(39-67)19-21-47)36-53(37-56(65)48-22-26-54(68-7)27-23-48)66-69-59(49-14-10-8-11-15-49)38-60(70-66)50-16-12-9-13-17-50/h8-38H,1-6H3. The summed E-state index contributed by atoms with van der Waals surface area (Å²) in [5.41, 5.74) is 24.7. The highest BCUT2D eigenvalue weighted by Gasteiger charge is 2.25. The minimum atomic E-state index is 0.561. The maximum absolute atomic E-state index is 10.0. The summed E-state index contributed by atoms with van der Waals surface area (Å²) in [7, 11) is 0.